The lowest BCUT2D eigenvalue weighted by molar-refractivity contribution is 0.236. The van der Waals surface area contributed by atoms with Gasteiger partial charge in [0, 0.05) is 11.8 Å². The first kappa shape index (κ1) is 9.85. The monoisotopic (exact) mass is 199 g/mol. The molecule has 1 N–H and O–H groups in total. The van der Waals surface area contributed by atoms with E-state index in [0.29, 0.717) is 4.87 Å². The van der Waals surface area contributed by atoms with E-state index in [1.54, 1.807) is 0 Å². The van der Waals surface area contributed by atoms with Gasteiger partial charge in [-0.3, -0.25) is 0 Å². The number of thioether (sulfide) groups is 1. The second kappa shape index (κ2) is 3.82. The van der Waals surface area contributed by atoms with Gasteiger partial charge in [-0.2, -0.15) is 0 Å². The zero-order chi connectivity index (χ0) is 9.31. The second-order valence-corrected chi connectivity index (χ2v) is 6.32. The molecule has 2 aliphatic rings. The minimum atomic E-state index is 0.479. The molecule has 0 radical (unpaired) electrons. The Kier molecular flexibility index (Phi) is 2.89. The van der Waals surface area contributed by atoms with E-state index in [9.17, 15) is 0 Å². The van der Waals surface area contributed by atoms with E-state index in [2.05, 4.69) is 30.9 Å². The molecule has 1 aliphatic carbocycles. The second-order valence-electron chi connectivity index (χ2n) is 4.55. The molecule has 0 aromatic heterocycles. The largest absolute Gasteiger partial charge is 0.301 e. The van der Waals surface area contributed by atoms with Crippen molar-refractivity contribution in [1.82, 2.24) is 5.32 Å². The predicted octanol–water partition coefficient (Wildman–Crippen LogP) is 3.01. The minimum absolute atomic E-state index is 0.479. The quantitative estimate of drug-likeness (QED) is 0.697. The Bertz CT molecular complexity index is 179. The van der Waals surface area contributed by atoms with E-state index in [4.69, 9.17) is 0 Å². The minimum Gasteiger partial charge on any atom is -0.301 e. The molecule has 2 heteroatoms. The number of rotatable bonds is 1. The average Bonchev–Trinajstić information content (AvgIpc) is 2.49. The van der Waals surface area contributed by atoms with Crippen LogP contribution in [0, 0.1) is 5.92 Å². The van der Waals surface area contributed by atoms with Crippen LogP contribution in [0.25, 0.3) is 0 Å². The summed E-state index contributed by atoms with van der Waals surface area (Å²) in [6, 6.07) is 0. The number of hydrogen-bond acceptors (Lipinski definition) is 2. The lowest BCUT2D eigenvalue weighted by atomic mass is 9.82. The molecule has 3 atom stereocenters. The Hall–Kier alpha value is 0.310. The van der Waals surface area contributed by atoms with Gasteiger partial charge in [0.25, 0.3) is 0 Å². The van der Waals surface area contributed by atoms with Gasteiger partial charge >= 0.3 is 0 Å². The topological polar surface area (TPSA) is 12.0 Å². The molecule has 3 unspecified atom stereocenters. The van der Waals surface area contributed by atoms with E-state index in [0.717, 1.165) is 11.2 Å². The maximum absolute atomic E-state index is 3.79. The van der Waals surface area contributed by atoms with Crippen molar-refractivity contribution in [1.29, 1.82) is 0 Å². The highest BCUT2D eigenvalue weighted by Gasteiger charge is 2.44. The summed E-state index contributed by atoms with van der Waals surface area (Å²) in [5.41, 5.74) is 0. The first-order valence-corrected chi connectivity index (χ1v) is 6.57. The van der Waals surface area contributed by atoms with Crippen molar-refractivity contribution < 1.29 is 0 Å². The van der Waals surface area contributed by atoms with Crippen LogP contribution in [0.5, 0.6) is 0 Å². The molecule has 0 aromatic carbocycles. The van der Waals surface area contributed by atoms with Gasteiger partial charge in [-0.15, -0.1) is 11.8 Å². The van der Waals surface area contributed by atoms with Crippen molar-refractivity contribution in [3.63, 3.8) is 0 Å². The Morgan fingerprint density at radius 3 is 2.92 bits per heavy atom. The molecule has 1 spiro atoms. The summed E-state index contributed by atoms with van der Waals surface area (Å²) in [6.07, 6.45) is 7.09. The van der Waals surface area contributed by atoms with Crippen LogP contribution in [-0.2, 0) is 0 Å². The lowest BCUT2D eigenvalue weighted by Gasteiger charge is -2.40. The molecule has 2 fully saturated rings. The molecule has 1 heterocycles. The Morgan fingerprint density at radius 1 is 1.46 bits per heavy atom. The van der Waals surface area contributed by atoms with Crippen molar-refractivity contribution >= 4 is 11.8 Å². The molecule has 1 nitrogen and oxygen atoms in total. The van der Waals surface area contributed by atoms with Gasteiger partial charge in [0.05, 0.1) is 4.87 Å². The average molecular weight is 199 g/mol. The zero-order valence-corrected chi connectivity index (χ0v) is 9.62. The van der Waals surface area contributed by atoms with Crippen LogP contribution in [0.2, 0.25) is 0 Å². The molecular weight excluding hydrogens is 178 g/mol. The molecule has 0 aromatic rings. The summed E-state index contributed by atoms with van der Waals surface area (Å²) >= 11 is 2.21. The highest BCUT2D eigenvalue weighted by Crippen LogP contribution is 2.48. The van der Waals surface area contributed by atoms with Crippen LogP contribution in [0.1, 0.15) is 46.0 Å². The third-order valence-electron chi connectivity index (χ3n) is 3.60. The van der Waals surface area contributed by atoms with Crippen molar-refractivity contribution in [3.05, 3.63) is 0 Å². The van der Waals surface area contributed by atoms with Gasteiger partial charge in [0.1, 0.15) is 0 Å². The number of nitrogens with one attached hydrogen (secondary N) is 1. The van der Waals surface area contributed by atoms with Crippen molar-refractivity contribution in [2.24, 2.45) is 5.92 Å². The standard InChI is InChI=1S/C11H21NS/c1-3-10-6-4-5-7-11(10)12-8-9(2)13-11/h9-10,12H,3-8H2,1-2H3. The summed E-state index contributed by atoms with van der Waals surface area (Å²) in [4.78, 5) is 0.479. The van der Waals surface area contributed by atoms with Crippen LogP contribution in [-0.4, -0.2) is 16.7 Å². The predicted molar refractivity (Wildman–Crippen MR) is 60.0 cm³/mol. The number of hydrogen-bond donors (Lipinski definition) is 1. The summed E-state index contributed by atoms with van der Waals surface area (Å²) in [7, 11) is 0. The lowest BCUT2D eigenvalue weighted by Crippen LogP contribution is -2.46. The Morgan fingerprint density at radius 2 is 2.31 bits per heavy atom. The SMILES string of the molecule is CCC1CCCCC12NCC(C)S2. The zero-order valence-electron chi connectivity index (χ0n) is 8.81. The molecule has 76 valence electrons. The van der Waals surface area contributed by atoms with E-state index in [-0.39, 0.29) is 0 Å². The van der Waals surface area contributed by atoms with Gasteiger partial charge < -0.3 is 5.32 Å². The normalized spacial score (nSPS) is 45.7. The van der Waals surface area contributed by atoms with Gasteiger partial charge in [-0.25, -0.2) is 0 Å². The van der Waals surface area contributed by atoms with Crippen LogP contribution < -0.4 is 5.32 Å². The maximum Gasteiger partial charge on any atom is 0.0677 e. The first-order chi connectivity index (χ1) is 6.27. The fourth-order valence-electron chi connectivity index (χ4n) is 2.90. The van der Waals surface area contributed by atoms with Gasteiger partial charge in [-0.1, -0.05) is 33.1 Å². The highest BCUT2D eigenvalue weighted by atomic mass is 32.2. The van der Waals surface area contributed by atoms with Gasteiger partial charge in [0.2, 0.25) is 0 Å². The molecule has 0 amide bonds. The van der Waals surface area contributed by atoms with Crippen LogP contribution in [0.3, 0.4) is 0 Å². The summed E-state index contributed by atoms with van der Waals surface area (Å²) in [6.45, 7) is 5.93. The van der Waals surface area contributed by atoms with Crippen molar-refractivity contribution in [2.45, 2.75) is 56.1 Å². The molecule has 1 aliphatic heterocycles. The summed E-state index contributed by atoms with van der Waals surface area (Å²) in [5.74, 6) is 0.927. The third kappa shape index (κ3) is 1.75. The summed E-state index contributed by atoms with van der Waals surface area (Å²) < 4.78 is 0. The van der Waals surface area contributed by atoms with E-state index in [1.807, 2.05) is 0 Å². The molecule has 0 bridgehead atoms. The Balaban J connectivity index is 2.08. The van der Waals surface area contributed by atoms with Gasteiger partial charge in [0.15, 0.2) is 0 Å². The molecule has 13 heavy (non-hydrogen) atoms. The Labute approximate surface area is 86.0 Å². The molecule has 1 saturated heterocycles. The smallest absolute Gasteiger partial charge is 0.0677 e. The van der Waals surface area contributed by atoms with Crippen LogP contribution in [0.15, 0.2) is 0 Å². The fourth-order valence-corrected chi connectivity index (χ4v) is 4.69. The van der Waals surface area contributed by atoms with E-state index >= 15 is 0 Å². The van der Waals surface area contributed by atoms with E-state index in [1.165, 1.54) is 38.6 Å². The summed E-state index contributed by atoms with van der Waals surface area (Å²) in [5, 5.41) is 4.61. The van der Waals surface area contributed by atoms with Gasteiger partial charge in [-0.05, 0) is 18.8 Å². The van der Waals surface area contributed by atoms with Crippen LogP contribution >= 0.6 is 11.8 Å². The molecule has 1 saturated carbocycles. The highest BCUT2D eigenvalue weighted by molar-refractivity contribution is 8.01. The van der Waals surface area contributed by atoms with Crippen molar-refractivity contribution in [3.8, 4) is 0 Å². The first-order valence-electron chi connectivity index (χ1n) is 5.69. The molecule has 2 rings (SSSR count). The maximum atomic E-state index is 3.79. The van der Waals surface area contributed by atoms with Crippen molar-refractivity contribution in [2.75, 3.05) is 6.54 Å². The van der Waals surface area contributed by atoms with E-state index < -0.39 is 0 Å². The van der Waals surface area contributed by atoms with Crippen LogP contribution in [0.4, 0.5) is 0 Å². The fraction of sp³-hybridized carbons (Fsp3) is 1.00. The molecular formula is C11H21NS. The third-order valence-corrected chi connectivity index (χ3v) is 5.27.